The molecule has 0 aliphatic heterocycles. The van der Waals surface area contributed by atoms with Gasteiger partial charge in [0.2, 0.25) is 0 Å². The Morgan fingerprint density at radius 2 is 1.59 bits per heavy atom. The first kappa shape index (κ1) is 13.8. The summed E-state index contributed by atoms with van der Waals surface area (Å²) in [6, 6.07) is 19.4. The summed E-state index contributed by atoms with van der Waals surface area (Å²) in [5, 5.41) is 0. The van der Waals surface area contributed by atoms with Gasteiger partial charge in [0.05, 0.1) is 0 Å². The predicted molar refractivity (Wildman–Crippen MR) is 86.5 cm³/mol. The zero-order chi connectivity index (χ0) is 15.4. The third kappa shape index (κ3) is 2.68. The highest BCUT2D eigenvalue weighted by Crippen LogP contribution is 2.20. The van der Waals surface area contributed by atoms with Crippen LogP contribution in [-0.4, -0.2) is 15.8 Å². The summed E-state index contributed by atoms with van der Waals surface area (Å²) in [4.78, 5) is 15.9. The van der Waals surface area contributed by atoms with Crippen molar-refractivity contribution in [2.45, 2.75) is 0 Å². The number of hydrogen-bond acceptors (Lipinski definition) is 2. The quantitative estimate of drug-likeness (QED) is 0.535. The van der Waals surface area contributed by atoms with E-state index >= 15 is 0 Å². The topological polar surface area (TPSA) is 34.9 Å². The number of carbonyl (C=O) groups is 1. The molecule has 0 amide bonds. The van der Waals surface area contributed by atoms with E-state index in [2.05, 4.69) is 16.8 Å². The molecule has 0 bridgehead atoms. The molecule has 2 aromatic carbocycles. The lowest BCUT2D eigenvalue weighted by Crippen LogP contribution is -1.98. The molecule has 0 radical (unpaired) electrons. The molecule has 3 rings (SSSR count). The van der Waals surface area contributed by atoms with Crippen LogP contribution in [0.25, 0.3) is 11.4 Å². The van der Waals surface area contributed by atoms with Crippen LogP contribution in [0.4, 0.5) is 0 Å². The van der Waals surface area contributed by atoms with Crippen molar-refractivity contribution < 1.29 is 4.79 Å². The van der Waals surface area contributed by atoms with E-state index in [9.17, 15) is 4.79 Å². The van der Waals surface area contributed by atoms with Gasteiger partial charge in [-0.3, -0.25) is 4.79 Å². The first-order valence-corrected chi connectivity index (χ1v) is 6.94. The molecular formula is C19H14N2O. The molecule has 1 heterocycles. The standard InChI is InChI=1S/C19H14N2O/c1-21-18(14-22)17(13-12-15-8-4-2-5-9-15)20-19(21)16-10-6-3-7-11-16/h2-11,14H,1H3. The van der Waals surface area contributed by atoms with Crippen LogP contribution < -0.4 is 0 Å². The normalized spacial score (nSPS) is 9.86. The van der Waals surface area contributed by atoms with Gasteiger partial charge < -0.3 is 4.57 Å². The zero-order valence-corrected chi connectivity index (χ0v) is 12.2. The second-order valence-electron chi connectivity index (χ2n) is 4.83. The maximum absolute atomic E-state index is 11.4. The molecule has 0 saturated heterocycles. The zero-order valence-electron chi connectivity index (χ0n) is 12.2. The first-order chi connectivity index (χ1) is 10.8. The van der Waals surface area contributed by atoms with Crippen molar-refractivity contribution in [2.75, 3.05) is 0 Å². The lowest BCUT2D eigenvalue weighted by Gasteiger charge is -2.01. The summed E-state index contributed by atoms with van der Waals surface area (Å²) in [7, 11) is 1.83. The maximum Gasteiger partial charge on any atom is 0.169 e. The average Bonchev–Trinajstić information content (AvgIpc) is 2.90. The van der Waals surface area contributed by atoms with Crippen molar-refractivity contribution in [3.05, 3.63) is 77.6 Å². The van der Waals surface area contributed by atoms with Crippen LogP contribution in [0.3, 0.4) is 0 Å². The van der Waals surface area contributed by atoms with Crippen LogP contribution in [0.2, 0.25) is 0 Å². The molecule has 22 heavy (non-hydrogen) atoms. The van der Waals surface area contributed by atoms with E-state index in [-0.39, 0.29) is 0 Å². The summed E-state index contributed by atoms with van der Waals surface area (Å²) in [5.41, 5.74) is 2.84. The number of benzene rings is 2. The lowest BCUT2D eigenvalue weighted by atomic mass is 10.2. The Kier molecular flexibility index (Phi) is 3.84. The number of aldehydes is 1. The minimum atomic E-state index is 0.488. The highest BCUT2D eigenvalue weighted by Gasteiger charge is 2.13. The summed E-state index contributed by atoms with van der Waals surface area (Å²) < 4.78 is 1.78. The Balaban J connectivity index is 2.06. The molecule has 3 aromatic rings. The van der Waals surface area contributed by atoms with Crippen molar-refractivity contribution in [1.29, 1.82) is 0 Å². The number of carbonyl (C=O) groups excluding carboxylic acids is 1. The molecule has 0 spiro atoms. The molecule has 106 valence electrons. The van der Waals surface area contributed by atoms with Crippen molar-refractivity contribution >= 4 is 6.29 Å². The molecule has 0 aliphatic rings. The van der Waals surface area contributed by atoms with Crippen LogP contribution in [0.5, 0.6) is 0 Å². The van der Waals surface area contributed by atoms with Crippen LogP contribution in [-0.2, 0) is 7.05 Å². The van der Waals surface area contributed by atoms with Crippen molar-refractivity contribution in [2.24, 2.45) is 7.05 Å². The van der Waals surface area contributed by atoms with E-state index in [1.807, 2.05) is 67.7 Å². The van der Waals surface area contributed by atoms with E-state index in [4.69, 9.17) is 0 Å². The van der Waals surface area contributed by atoms with Crippen LogP contribution in [0.1, 0.15) is 21.7 Å². The van der Waals surface area contributed by atoms with Gasteiger partial charge in [-0.2, -0.15) is 0 Å². The van der Waals surface area contributed by atoms with Gasteiger partial charge in [-0.05, 0) is 18.1 Å². The summed E-state index contributed by atoms with van der Waals surface area (Å²) in [5.74, 6) is 6.78. The first-order valence-electron chi connectivity index (χ1n) is 6.94. The Labute approximate surface area is 129 Å². The van der Waals surface area contributed by atoms with Gasteiger partial charge >= 0.3 is 0 Å². The number of hydrogen-bond donors (Lipinski definition) is 0. The van der Waals surface area contributed by atoms with Crippen molar-refractivity contribution in [3.63, 3.8) is 0 Å². The van der Waals surface area contributed by atoms with E-state index in [0.29, 0.717) is 11.4 Å². The smallest absolute Gasteiger partial charge is 0.169 e. The SMILES string of the molecule is Cn1c(-c2ccccc2)nc(C#Cc2ccccc2)c1C=O. The maximum atomic E-state index is 11.4. The highest BCUT2D eigenvalue weighted by molar-refractivity contribution is 5.78. The molecule has 0 saturated carbocycles. The molecule has 0 unspecified atom stereocenters. The molecule has 0 fully saturated rings. The van der Waals surface area contributed by atoms with Crippen LogP contribution in [0, 0.1) is 11.8 Å². The minimum Gasteiger partial charge on any atom is -0.324 e. The third-order valence-corrected chi connectivity index (χ3v) is 3.38. The molecule has 0 aliphatic carbocycles. The molecule has 0 N–H and O–H groups in total. The van der Waals surface area contributed by atoms with Gasteiger partial charge in [-0.25, -0.2) is 4.98 Å². The Bertz CT molecular complexity index is 853. The number of nitrogens with zero attached hydrogens (tertiary/aromatic N) is 2. The van der Waals surface area contributed by atoms with Gasteiger partial charge in [0.25, 0.3) is 0 Å². The average molecular weight is 286 g/mol. The fraction of sp³-hybridized carbons (Fsp3) is 0.0526. The van der Waals surface area contributed by atoms with Gasteiger partial charge in [0.15, 0.2) is 6.29 Å². The van der Waals surface area contributed by atoms with Gasteiger partial charge in [-0.15, -0.1) is 0 Å². The highest BCUT2D eigenvalue weighted by atomic mass is 16.1. The van der Waals surface area contributed by atoms with Gasteiger partial charge in [0, 0.05) is 18.2 Å². The molecule has 1 aromatic heterocycles. The Morgan fingerprint density at radius 3 is 2.23 bits per heavy atom. The van der Waals surface area contributed by atoms with E-state index in [1.165, 1.54) is 0 Å². The molecule has 3 heteroatoms. The van der Waals surface area contributed by atoms with Crippen molar-refractivity contribution in [3.8, 4) is 23.2 Å². The molecule has 0 atom stereocenters. The lowest BCUT2D eigenvalue weighted by molar-refractivity contribution is 0.111. The molecule has 3 nitrogen and oxygen atoms in total. The molecular weight excluding hydrogens is 272 g/mol. The van der Waals surface area contributed by atoms with Crippen LogP contribution in [0.15, 0.2) is 60.7 Å². The Morgan fingerprint density at radius 1 is 0.955 bits per heavy atom. The largest absolute Gasteiger partial charge is 0.324 e. The number of rotatable bonds is 2. The number of aromatic nitrogens is 2. The van der Waals surface area contributed by atoms with E-state index < -0.39 is 0 Å². The fourth-order valence-electron chi connectivity index (χ4n) is 2.24. The van der Waals surface area contributed by atoms with Gasteiger partial charge in [0.1, 0.15) is 17.2 Å². The monoisotopic (exact) mass is 286 g/mol. The Hall–Kier alpha value is -3.12. The van der Waals surface area contributed by atoms with E-state index in [0.717, 1.165) is 23.2 Å². The predicted octanol–water partition coefficient (Wildman–Crippen LogP) is 3.30. The fourth-order valence-corrected chi connectivity index (χ4v) is 2.24. The van der Waals surface area contributed by atoms with Crippen LogP contribution >= 0.6 is 0 Å². The summed E-state index contributed by atoms with van der Waals surface area (Å²) in [6.07, 6.45) is 0.800. The third-order valence-electron chi connectivity index (χ3n) is 3.38. The second-order valence-corrected chi connectivity index (χ2v) is 4.83. The summed E-state index contributed by atoms with van der Waals surface area (Å²) in [6.45, 7) is 0. The minimum absolute atomic E-state index is 0.488. The van der Waals surface area contributed by atoms with Crippen molar-refractivity contribution in [1.82, 2.24) is 9.55 Å². The van der Waals surface area contributed by atoms with Gasteiger partial charge in [-0.1, -0.05) is 54.5 Å². The summed E-state index contributed by atoms with van der Waals surface area (Å²) >= 11 is 0. The number of imidazole rings is 1. The second kappa shape index (κ2) is 6.11. The van der Waals surface area contributed by atoms with E-state index in [1.54, 1.807) is 4.57 Å².